The van der Waals surface area contributed by atoms with Gasteiger partial charge in [-0.25, -0.2) is 0 Å². The van der Waals surface area contributed by atoms with Crippen LogP contribution in [0.25, 0.3) is 0 Å². The van der Waals surface area contributed by atoms with E-state index in [1.165, 1.54) is 4.88 Å². The Balaban J connectivity index is 1.78. The zero-order valence-corrected chi connectivity index (χ0v) is 11.5. The number of hydrogen-bond acceptors (Lipinski definition) is 3. The summed E-state index contributed by atoms with van der Waals surface area (Å²) in [6.07, 6.45) is 3.81. The van der Waals surface area contributed by atoms with Crippen LogP contribution in [0.1, 0.15) is 17.8 Å². The minimum atomic E-state index is 0.367. The molecule has 0 aliphatic rings. The lowest BCUT2D eigenvalue weighted by atomic mass is 10.3. The van der Waals surface area contributed by atoms with Crippen molar-refractivity contribution in [3.8, 4) is 0 Å². The van der Waals surface area contributed by atoms with Crippen molar-refractivity contribution in [1.29, 1.82) is 0 Å². The van der Waals surface area contributed by atoms with Crippen molar-refractivity contribution in [2.45, 2.75) is 19.5 Å². The summed E-state index contributed by atoms with van der Waals surface area (Å²) in [5.74, 6) is 0. The van der Waals surface area contributed by atoms with E-state index >= 15 is 0 Å². The highest BCUT2D eigenvalue weighted by Gasteiger charge is 2.05. The van der Waals surface area contributed by atoms with Gasteiger partial charge >= 0.3 is 0 Å². The van der Waals surface area contributed by atoms with Crippen molar-refractivity contribution in [2.75, 3.05) is 6.54 Å². The molecule has 2 aromatic heterocycles. The molecule has 0 amide bonds. The van der Waals surface area contributed by atoms with Crippen molar-refractivity contribution < 1.29 is 0 Å². The Morgan fingerprint density at radius 3 is 3.12 bits per heavy atom. The lowest BCUT2D eigenvalue weighted by molar-refractivity contribution is 0.454. The van der Waals surface area contributed by atoms with E-state index in [-0.39, 0.29) is 0 Å². The fourth-order valence-corrected chi connectivity index (χ4v) is 2.44. The number of thiophene rings is 1. The van der Waals surface area contributed by atoms with Crippen molar-refractivity contribution in [2.24, 2.45) is 0 Å². The normalized spacial score (nSPS) is 12.9. The monoisotopic (exact) mass is 299 g/mol. The fraction of sp³-hybridized carbons (Fsp3) is 0.364. The third-order valence-electron chi connectivity index (χ3n) is 2.34. The molecule has 5 heteroatoms. The highest BCUT2D eigenvalue weighted by Crippen LogP contribution is 2.11. The molecule has 0 saturated carbocycles. The van der Waals surface area contributed by atoms with Crippen LogP contribution < -0.4 is 5.32 Å². The molecule has 0 aromatic carbocycles. The third-order valence-corrected chi connectivity index (χ3v) is 3.63. The lowest BCUT2D eigenvalue weighted by Gasteiger charge is -2.12. The summed E-state index contributed by atoms with van der Waals surface area (Å²) in [5, 5.41) is 9.80. The number of nitrogens with one attached hydrogen (secondary N) is 1. The third kappa shape index (κ3) is 3.17. The molecule has 0 bridgehead atoms. The fourth-order valence-electron chi connectivity index (χ4n) is 1.47. The molecule has 86 valence electrons. The molecule has 2 aromatic rings. The molecule has 1 atom stereocenters. The van der Waals surface area contributed by atoms with E-state index in [2.05, 4.69) is 50.8 Å². The Morgan fingerprint density at radius 2 is 2.50 bits per heavy atom. The minimum absolute atomic E-state index is 0.367. The van der Waals surface area contributed by atoms with E-state index in [1.54, 1.807) is 11.3 Å². The van der Waals surface area contributed by atoms with Crippen molar-refractivity contribution in [3.63, 3.8) is 0 Å². The van der Waals surface area contributed by atoms with Crippen LogP contribution in [0.5, 0.6) is 0 Å². The summed E-state index contributed by atoms with van der Waals surface area (Å²) in [6, 6.07) is 4.59. The van der Waals surface area contributed by atoms with E-state index in [9.17, 15) is 0 Å². The molecule has 0 saturated heterocycles. The van der Waals surface area contributed by atoms with Crippen molar-refractivity contribution in [3.05, 3.63) is 39.3 Å². The lowest BCUT2D eigenvalue weighted by Crippen LogP contribution is -2.23. The molecule has 0 aliphatic carbocycles. The van der Waals surface area contributed by atoms with Gasteiger partial charge in [0.1, 0.15) is 0 Å². The van der Waals surface area contributed by atoms with E-state index in [0.29, 0.717) is 6.04 Å². The van der Waals surface area contributed by atoms with Crippen LogP contribution in [0.3, 0.4) is 0 Å². The second-order valence-electron chi connectivity index (χ2n) is 3.70. The second-order valence-corrected chi connectivity index (χ2v) is 5.65. The Morgan fingerprint density at radius 1 is 1.62 bits per heavy atom. The molecule has 1 unspecified atom stereocenters. The molecule has 0 radical (unpaired) electrons. The van der Waals surface area contributed by atoms with Crippen LogP contribution in [0.4, 0.5) is 0 Å². The summed E-state index contributed by atoms with van der Waals surface area (Å²) in [6.45, 7) is 4.01. The zero-order chi connectivity index (χ0) is 11.4. The molecule has 0 aliphatic heterocycles. The first kappa shape index (κ1) is 11.8. The van der Waals surface area contributed by atoms with Gasteiger partial charge in [0.25, 0.3) is 0 Å². The van der Waals surface area contributed by atoms with Gasteiger partial charge in [0.2, 0.25) is 0 Å². The number of hydrogen-bond donors (Lipinski definition) is 1. The highest BCUT2D eigenvalue weighted by atomic mass is 79.9. The molecule has 2 rings (SSSR count). The first-order chi connectivity index (χ1) is 7.75. The number of rotatable bonds is 5. The molecule has 0 spiro atoms. The van der Waals surface area contributed by atoms with Gasteiger partial charge < -0.3 is 5.32 Å². The Labute approximate surface area is 108 Å². The number of aromatic nitrogens is 2. The largest absolute Gasteiger partial charge is 0.310 e. The smallest absolute Gasteiger partial charge is 0.0632 e. The van der Waals surface area contributed by atoms with Crippen LogP contribution in [-0.2, 0) is 6.54 Å². The second kappa shape index (κ2) is 5.61. The Bertz CT molecular complexity index is 424. The molecular formula is C11H14BrN3S. The van der Waals surface area contributed by atoms with Gasteiger partial charge in [0, 0.05) is 24.2 Å². The van der Waals surface area contributed by atoms with Gasteiger partial charge in [-0.15, -0.1) is 11.3 Å². The summed E-state index contributed by atoms with van der Waals surface area (Å²) in [4.78, 5) is 1.37. The minimum Gasteiger partial charge on any atom is -0.310 e. The first-order valence-electron chi connectivity index (χ1n) is 5.18. The average molecular weight is 300 g/mol. The Kier molecular flexibility index (Phi) is 4.15. The van der Waals surface area contributed by atoms with Crippen LogP contribution in [0.15, 0.2) is 34.4 Å². The molecule has 16 heavy (non-hydrogen) atoms. The number of nitrogens with zero attached hydrogens (tertiary/aromatic N) is 2. The predicted molar refractivity (Wildman–Crippen MR) is 70.7 cm³/mol. The molecular weight excluding hydrogens is 286 g/mol. The van der Waals surface area contributed by atoms with Crippen LogP contribution in [-0.4, -0.2) is 16.3 Å². The van der Waals surface area contributed by atoms with Gasteiger partial charge in [-0.1, -0.05) is 6.07 Å². The molecule has 3 nitrogen and oxygen atoms in total. The molecule has 2 heterocycles. The maximum Gasteiger partial charge on any atom is 0.0632 e. The van der Waals surface area contributed by atoms with Crippen LogP contribution >= 0.6 is 27.3 Å². The van der Waals surface area contributed by atoms with E-state index < -0.39 is 0 Å². The number of halogens is 1. The van der Waals surface area contributed by atoms with Gasteiger partial charge in [0.05, 0.1) is 16.7 Å². The maximum atomic E-state index is 4.26. The summed E-state index contributed by atoms with van der Waals surface area (Å²) < 4.78 is 2.99. The quantitative estimate of drug-likeness (QED) is 0.919. The van der Waals surface area contributed by atoms with E-state index in [1.807, 2.05) is 17.1 Å². The SMILES string of the molecule is CC(CNCc1cccs1)n1cc(Br)cn1. The highest BCUT2D eigenvalue weighted by molar-refractivity contribution is 9.10. The van der Waals surface area contributed by atoms with Crippen LogP contribution in [0, 0.1) is 0 Å². The molecule has 1 N–H and O–H groups in total. The predicted octanol–water partition coefficient (Wildman–Crippen LogP) is 3.06. The van der Waals surface area contributed by atoms with Gasteiger partial charge in [-0.3, -0.25) is 4.68 Å². The van der Waals surface area contributed by atoms with E-state index in [0.717, 1.165) is 17.6 Å². The van der Waals surface area contributed by atoms with Crippen molar-refractivity contribution in [1.82, 2.24) is 15.1 Å². The van der Waals surface area contributed by atoms with Crippen LogP contribution in [0.2, 0.25) is 0 Å². The maximum absolute atomic E-state index is 4.26. The van der Waals surface area contributed by atoms with Gasteiger partial charge in [-0.05, 0) is 34.3 Å². The standard InChI is InChI=1S/C11H14BrN3S/c1-9(15-8-10(12)6-14-15)5-13-7-11-3-2-4-16-11/h2-4,6,8-9,13H,5,7H2,1H3. The average Bonchev–Trinajstić information content (AvgIpc) is 2.89. The van der Waals surface area contributed by atoms with Crippen molar-refractivity contribution >= 4 is 27.3 Å². The van der Waals surface area contributed by atoms with E-state index in [4.69, 9.17) is 0 Å². The first-order valence-corrected chi connectivity index (χ1v) is 6.86. The topological polar surface area (TPSA) is 29.9 Å². The Hall–Kier alpha value is -0.650. The summed E-state index contributed by atoms with van der Waals surface area (Å²) in [7, 11) is 0. The summed E-state index contributed by atoms with van der Waals surface area (Å²) in [5.41, 5.74) is 0. The molecule has 0 fully saturated rings. The zero-order valence-electron chi connectivity index (χ0n) is 9.06. The van der Waals surface area contributed by atoms with Gasteiger partial charge in [-0.2, -0.15) is 5.10 Å². The summed E-state index contributed by atoms with van der Waals surface area (Å²) >= 11 is 5.18. The van der Waals surface area contributed by atoms with Gasteiger partial charge in [0.15, 0.2) is 0 Å².